The van der Waals surface area contributed by atoms with Crippen LogP contribution in [0.1, 0.15) is 34.5 Å². The second-order valence-corrected chi connectivity index (χ2v) is 9.29. The van der Waals surface area contributed by atoms with Gasteiger partial charge < -0.3 is 5.32 Å². The van der Waals surface area contributed by atoms with Gasteiger partial charge >= 0.3 is 6.18 Å². The van der Waals surface area contributed by atoms with E-state index in [0.717, 1.165) is 23.5 Å². The van der Waals surface area contributed by atoms with E-state index in [4.69, 9.17) is 0 Å². The normalized spacial score (nSPS) is 12.9. The van der Waals surface area contributed by atoms with Crippen molar-refractivity contribution in [3.8, 4) is 0 Å². The Morgan fingerprint density at radius 3 is 2.33 bits per heavy atom. The third-order valence-electron chi connectivity index (χ3n) is 4.22. The number of halogens is 3. The van der Waals surface area contributed by atoms with Crippen LogP contribution in [0, 0.1) is 0 Å². The Bertz CT molecular complexity index is 1130. The highest BCUT2D eigenvalue weighted by Crippen LogP contribution is 2.30. The summed E-state index contributed by atoms with van der Waals surface area (Å²) in [5, 5.41) is 4.28. The van der Waals surface area contributed by atoms with Crippen molar-refractivity contribution in [2.45, 2.75) is 23.4 Å². The monoisotopic (exact) mass is 454 g/mol. The van der Waals surface area contributed by atoms with Crippen LogP contribution in [-0.4, -0.2) is 14.3 Å². The fourth-order valence-corrected chi connectivity index (χ4v) is 4.71. The summed E-state index contributed by atoms with van der Waals surface area (Å²) in [4.78, 5) is 12.4. The van der Waals surface area contributed by atoms with Crippen LogP contribution in [0.4, 0.5) is 18.9 Å². The molecule has 5 nitrogen and oxygen atoms in total. The molecule has 158 valence electrons. The van der Waals surface area contributed by atoms with Crippen molar-refractivity contribution in [2.75, 3.05) is 4.72 Å². The van der Waals surface area contributed by atoms with Crippen molar-refractivity contribution in [3.63, 3.8) is 0 Å². The number of alkyl halides is 3. The first-order valence-corrected chi connectivity index (χ1v) is 11.1. The molecule has 0 aliphatic carbocycles. The Morgan fingerprint density at radius 2 is 1.73 bits per heavy atom. The zero-order chi connectivity index (χ0) is 21.9. The molecular formula is C20H17F3N2O3S2. The Kier molecular flexibility index (Phi) is 6.18. The van der Waals surface area contributed by atoms with Gasteiger partial charge in [-0.25, -0.2) is 8.42 Å². The molecule has 0 saturated heterocycles. The van der Waals surface area contributed by atoms with E-state index in [2.05, 4.69) is 10.0 Å². The van der Waals surface area contributed by atoms with Crippen molar-refractivity contribution in [2.24, 2.45) is 0 Å². The van der Waals surface area contributed by atoms with Crippen LogP contribution < -0.4 is 10.0 Å². The third kappa shape index (κ3) is 5.19. The number of nitrogens with one attached hydrogen (secondary N) is 2. The quantitative estimate of drug-likeness (QED) is 0.547. The van der Waals surface area contributed by atoms with Gasteiger partial charge in [-0.2, -0.15) is 13.2 Å². The molecular weight excluding hydrogens is 437 g/mol. The van der Waals surface area contributed by atoms with Crippen LogP contribution in [0.5, 0.6) is 0 Å². The van der Waals surface area contributed by atoms with Crippen LogP contribution >= 0.6 is 11.3 Å². The molecule has 1 unspecified atom stereocenters. The maximum Gasteiger partial charge on any atom is 0.416 e. The summed E-state index contributed by atoms with van der Waals surface area (Å²) < 4.78 is 65.6. The minimum absolute atomic E-state index is 0.166. The largest absolute Gasteiger partial charge is 0.416 e. The summed E-state index contributed by atoms with van der Waals surface area (Å²) in [5.74, 6) is -0.493. The van der Waals surface area contributed by atoms with E-state index < -0.39 is 33.7 Å². The molecule has 0 radical (unpaired) electrons. The molecule has 2 N–H and O–H groups in total. The highest BCUT2D eigenvalue weighted by Gasteiger charge is 2.30. The zero-order valence-electron chi connectivity index (χ0n) is 15.6. The lowest BCUT2D eigenvalue weighted by atomic mass is 10.0. The number of anilines is 1. The van der Waals surface area contributed by atoms with Gasteiger partial charge in [-0.15, -0.1) is 11.3 Å². The lowest BCUT2D eigenvalue weighted by molar-refractivity contribution is -0.137. The SMILES string of the molecule is CC(NC(=O)c1ccc(NS(=O)(=O)c2cccs2)cc1)c1cccc(C(F)(F)F)c1. The fourth-order valence-electron chi connectivity index (χ4n) is 2.66. The van der Waals surface area contributed by atoms with E-state index >= 15 is 0 Å². The van der Waals surface area contributed by atoms with Crippen LogP contribution in [0.15, 0.2) is 70.3 Å². The van der Waals surface area contributed by atoms with Crippen LogP contribution in [0.25, 0.3) is 0 Å². The first-order chi connectivity index (χ1) is 14.1. The Hall–Kier alpha value is -2.85. The summed E-state index contributed by atoms with van der Waals surface area (Å²) in [7, 11) is -3.70. The van der Waals surface area contributed by atoms with E-state index in [-0.39, 0.29) is 15.5 Å². The predicted molar refractivity (Wildman–Crippen MR) is 109 cm³/mol. The van der Waals surface area contributed by atoms with Gasteiger partial charge in [-0.3, -0.25) is 9.52 Å². The van der Waals surface area contributed by atoms with Gasteiger partial charge in [0.25, 0.3) is 15.9 Å². The van der Waals surface area contributed by atoms with E-state index in [0.29, 0.717) is 5.56 Å². The molecule has 0 aliphatic heterocycles. The second kappa shape index (κ2) is 8.49. The van der Waals surface area contributed by atoms with Crippen molar-refractivity contribution in [1.82, 2.24) is 5.32 Å². The van der Waals surface area contributed by atoms with Gasteiger partial charge in [0.15, 0.2) is 0 Å². The van der Waals surface area contributed by atoms with E-state index in [1.165, 1.54) is 42.5 Å². The van der Waals surface area contributed by atoms with E-state index in [1.807, 2.05) is 0 Å². The standard InChI is InChI=1S/C20H17F3N2O3S2/c1-13(15-4-2-5-16(12-15)20(21,22)23)24-19(26)14-7-9-17(10-8-14)25-30(27,28)18-6-3-11-29-18/h2-13,25H,1H3,(H,24,26). The average molecular weight is 454 g/mol. The van der Waals surface area contributed by atoms with Crippen LogP contribution in [0.2, 0.25) is 0 Å². The molecule has 10 heteroatoms. The minimum Gasteiger partial charge on any atom is -0.346 e. The predicted octanol–water partition coefficient (Wildman–Crippen LogP) is 5.06. The molecule has 0 fully saturated rings. The summed E-state index contributed by atoms with van der Waals surface area (Å²) in [6, 6.07) is 12.9. The summed E-state index contributed by atoms with van der Waals surface area (Å²) in [6.45, 7) is 1.58. The number of amides is 1. The molecule has 0 bridgehead atoms. The molecule has 0 aliphatic rings. The first-order valence-electron chi connectivity index (χ1n) is 8.71. The van der Waals surface area contributed by atoms with Gasteiger partial charge in [0.1, 0.15) is 4.21 Å². The molecule has 0 spiro atoms. The van der Waals surface area contributed by atoms with Gasteiger partial charge in [0, 0.05) is 11.3 Å². The van der Waals surface area contributed by atoms with Gasteiger partial charge in [-0.1, -0.05) is 18.2 Å². The van der Waals surface area contributed by atoms with Crippen LogP contribution in [-0.2, 0) is 16.2 Å². The number of rotatable bonds is 6. The highest BCUT2D eigenvalue weighted by molar-refractivity contribution is 7.94. The van der Waals surface area contributed by atoms with E-state index in [9.17, 15) is 26.4 Å². The minimum atomic E-state index is -4.47. The first kappa shape index (κ1) is 21.8. The molecule has 3 aromatic rings. The number of hydrogen-bond donors (Lipinski definition) is 2. The maximum atomic E-state index is 12.9. The molecule has 1 heterocycles. The summed E-state index contributed by atoms with van der Waals surface area (Å²) in [5.41, 5.74) is 0.0563. The van der Waals surface area contributed by atoms with E-state index in [1.54, 1.807) is 18.4 Å². The molecule has 30 heavy (non-hydrogen) atoms. The lowest BCUT2D eigenvalue weighted by Gasteiger charge is -2.16. The van der Waals surface area contributed by atoms with Crippen molar-refractivity contribution >= 4 is 33.0 Å². The number of carbonyl (C=O) groups excluding carboxylic acids is 1. The third-order valence-corrected chi connectivity index (χ3v) is 7.00. The second-order valence-electron chi connectivity index (χ2n) is 6.43. The maximum absolute atomic E-state index is 12.9. The van der Waals surface area contributed by atoms with Gasteiger partial charge in [-0.05, 0) is 60.3 Å². The topological polar surface area (TPSA) is 75.3 Å². The van der Waals surface area contributed by atoms with Crippen molar-refractivity contribution in [1.29, 1.82) is 0 Å². The average Bonchev–Trinajstić information content (AvgIpc) is 3.23. The smallest absolute Gasteiger partial charge is 0.346 e. The number of benzene rings is 2. The molecule has 1 aromatic heterocycles. The number of sulfonamides is 1. The molecule has 1 atom stereocenters. The van der Waals surface area contributed by atoms with Crippen molar-refractivity contribution < 1.29 is 26.4 Å². The molecule has 0 saturated carbocycles. The number of carbonyl (C=O) groups is 1. The highest BCUT2D eigenvalue weighted by atomic mass is 32.2. The van der Waals surface area contributed by atoms with Gasteiger partial charge in [0.05, 0.1) is 11.6 Å². The summed E-state index contributed by atoms with van der Waals surface area (Å²) in [6.07, 6.45) is -4.47. The lowest BCUT2D eigenvalue weighted by Crippen LogP contribution is -2.26. The van der Waals surface area contributed by atoms with Gasteiger partial charge in [0.2, 0.25) is 0 Å². The summed E-state index contributed by atoms with van der Waals surface area (Å²) >= 11 is 1.08. The Balaban J connectivity index is 1.68. The molecule has 1 amide bonds. The number of hydrogen-bond acceptors (Lipinski definition) is 4. The molecule has 3 rings (SSSR count). The Labute approximate surface area is 175 Å². The Morgan fingerprint density at radius 1 is 1.03 bits per heavy atom. The number of thiophene rings is 1. The zero-order valence-corrected chi connectivity index (χ0v) is 17.2. The fraction of sp³-hybridized carbons (Fsp3) is 0.150. The van der Waals surface area contributed by atoms with Crippen LogP contribution in [0.3, 0.4) is 0 Å². The molecule has 2 aromatic carbocycles. The van der Waals surface area contributed by atoms with Crippen molar-refractivity contribution in [3.05, 3.63) is 82.7 Å².